The van der Waals surface area contributed by atoms with E-state index in [4.69, 9.17) is 4.74 Å². The van der Waals surface area contributed by atoms with Gasteiger partial charge in [-0.05, 0) is 37.0 Å². The van der Waals surface area contributed by atoms with Crippen LogP contribution in [0.3, 0.4) is 0 Å². The number of esters is 1. The summed E-state index contributed by atoms with van der Waals surface area (Å²) in [6, 6.07) is 0. The van der Waals surface area contributed by atoms with Gasteiger partial charge in [-0.25, -0.2) is 0 Å². The van der Waals surface area contributed by atoms with Crippen molar-refractivity contribution in [1.82, 2.24) is 0 Å². The van der Waals surface area contributed by atoms with Gasteiger partial charge in [0.2, 0.25) is 0 Å². The Bertz CT molecular complexity index is 324. The van der Waals surface area contributed by atoms with Gasteiger partial charge in [0.25, 0.3) is 0 Å². The average Bonchev–Trinajstić information content (AvgIpc) is 2.53. The van der Waals surface area contributed by atoms with E-state index >= 15 is 0 Å². The Morgan fingerprint density at radius 3 is 2.12 bits per heavy atom. The van der Waals surface area contributed by atoms with Gasteiger partial charge in [-0.3, -0.25) is 4.79 Å². The fourth-order valence-corrected chi connectivity index (χ4v) is 4.06. The van der Waals surface area contributed by atoms with E-state index in [1.165, 1.54) is 64.2 Å². The largest absolute Gasteiger partial charge is 0.462 e. The molecule has 0 aliphatic heterocycles. The van der Waals surface area contributed by atoms with Crippen LogP contribution in [0.5, 0.6) is 0 Å². The summed E-state index contributed by atoms with van der Waals surface area (Å²) in [6.07, 6.45) is 16.0. The van der Waals surface area contributed by atoms with E-state index in [1.807, 2.05) is 0 Å². The molecule has 1 aliphatic carbocycles. The minimum absolute atomic E-state index is 0.0442. The molecule has 0 aromatic rings. The zero-order chi connectivity index (χ0) is 17.8. The van der Waals surface area contributed by atoms with Crippen molar-refractivity contribution in [2.45, 2.75) is 117 Å². The third-order valence-electron chi connectivity index (χ3n) is 5.73. The van der Waals surface area contributed by atoms with Gasteiger partial charge in [-0.2, -0.15) is 0 Å². The minimum atomic E-state index is 0.0442. The van der Waals surface area contributed by atoms with Crippen LogP contribution in [0.1, 0.15) is 111 Å². The van der Waals surface area contributed by atoms with Crippen LogP contribution in [0, 0.1) is 17.8 Å². The monoisotopic (exact) mass is 338 g/mol. The molecule has 1 aliphatic rings. The van der Waals surface area contributed by atoms with Gasteiger partial charge in [0.05, 0.1) is 0 Å². The molecule has 0 aromatic heterocycles. The molecule has 0 radical (unpaired) electrons. The van der Waals surface area contributed by atoms with Gasteiger partial charge < -0.3 is 4.74 Å². The lowest BCUT2D eigenvalue weighted by Gasteiger charge is -2.36. The summed E-state index contributed by atoms with van der Waals surface area (Å²) in [5, 5.41) is 0. The number of carbonyl (C=O) groups excluding carboxylic acids is 1. The summed E-state index contributed by atoms with van der Waals surface area (Å²) in [5.74, 6) is 1.92. The van der Waals surface area contributed by atoms with E-state index in [0.29, 0.717) is 24.2 Å². The van der Waals surface area contributed by atoms with Crippen molar-refractivity contribution in [3.8, 4) is 0 Å². The molecule has 1 fully saturated rings. The van der Waals surface area contributed by atoms with Gasteiger partial charge in [-0.15, -0.1) is 0 Å². The Labute approximate surface area is 151 Å². The average molecular weight is 339 g/mol. The van der Waals surface area contributed by atoms with Crippen LogP contribution < -0.4 is 0 Å². The first-order chi connectivity index (χ1) is 11.5. The van der Waals surface area contributed by atoms with E-state index in [-0.39, 0.29) is 12.1 Å². The summed E-state index contributed by atoms with van der Waals surface area (Å²) < 4.78 is 5.87. The highest BCUT2D eigenvalue weighted by atomic mass is 16.5. The number of ether oxygens (including phenoxy) is 1. The molecule has 2 heteroatoms. The molecule has 1 saturated carbocycles. The lowest BCUT2D eigenvalue weighted by molar-refractivity contribution is -0.156. The standard InChI is InChI=1S/C22H42O2/c1-5-6-7-8-9-10-11-12-13-14-22(23)24-21-17-19(4)15-16-20(21)18(2)3/h18-21H,5-17H2,1-4H3/t19-,20+,21-/m0/s1. The van der Waals surface area contributed by atoms with Crippen LogP contribution in [0.2, 0.25) is 0 Å². The molecule has 0 N–H and O–H groups in total. The van der Waals surface area contributed by atoms with Gasteiger partial charge in [0, 0.05) is 6.42 Å². The van der Waals surface area contributed by atoms with E-state index in [2.05, 4.69) is 27.7 Å². The third kappa shape index (κ3) is 9.08. The molecule has 142 valence electrons. The van der Waals surface area contributed by atoms with Crippen molar-refractivity contribution in [2.75, 3.05) is 0 Å². The van der Waals surface area contributed by atoms with Crippen LogP contribution in [-0.2, 0) is 9.53 Å². The Balaban J connectivity index is 2.10. The van der Waals surface area contributed by atoms with Gasteiger partial charge in [0.15, 0.2) is 0 Å². The molecule has 0 spiro atoms. The lowest BCUT2D eigenvalue weighted by Crippen LogP contribution is -2.35. The molecule has 0 saturated heterocycles. The molecule has 0 bridgehead atoms. The summed E-state index contributed by atoms with van der Waals surface area (Å²) in [4.78, 5) is 12.2. The second kappa shape index (κ2) is 12.8. The predicted molar refractivity (Wildman–Crippen MR) is 103 cm³/mol. The highest BCUT2D eigenvalue weighted by molar-refractivity contribution is 5.69. The van der Waals surface area contributed by atoms with Crippen molar-refractivity contribution < 1.29 is 9.53 Å². The van der Waals surface area contributed by atoms with Crippen LogP contribution in [-0.4, -0.2) is 12.1 Å². The molecule has 3 atom stereocenters. The maximum Gasteiger partial charge on any atom is 0.306 e. The van der Waals surface area contributed by atoms with Crippen LogP contribution in [0.25, 0.3) is 0 Å². The molecule has 0 amide bonds. The fraction of sp³-hybridized carbons (Fsp3) is 0.955. The molecule has 1 rings (SSSR count). The Kier molecular flexibility index (Phi) is 11.5. The number of unbranched alkanes of at least 4 members (excludes halogenated alkanes) is 8. The van der Waals surface area contributed by atoms with Crippen molar-refractivity contribution in [2.24, 2.45) is 17.8 Å². The Hall–Kier alpha value is -0.530. The van der Waals surface area contributed by atoms with Gasteiger partial charge >= 0.3 is 5.97 Å². The quantitative estimate of drug-likeness (QED) is 0.285. The normalized spacial score (nSPS) is 24.3. The van der Waals surface area contributed by atoms with Crippen molar-refractivity contribution in [1.29, 1.82) is 0 Å². The highest BCUT2D eigenvalue weighted by Gasteiger charge is 2.33. The Morgan fingerprint density at radius 1 is 0.958 bits per heavy atom. The molecule has 2 nitrogen and oxygen atoms in total. The molecular weight excluding hydrogens is 296 g/mol. The molecule has 0 heterocycles. The number of rotatable bonds is 12. The summed E-state index contributed by atoms with van der Waals surface area (Å²) in [6.45, 7) is 9.08. The van der Waals surface area contributed by atoms with E-state index < -0.39 is 0 Å². The first kappa shape index (κ1) is 21.5. The maximum atomic E-state index is 12.2. The lowest BCUT2D eigenvalue weighted by atomic mass is 9.75. The van der Waals surface area contributed by atoms with Crippen molar-refractivity contribution in [3.63, 3.8) is 0 Å². The van der Waals surface area contributed by atoms with Crippen molar-refractivity contribution >= 4 is 5.97 Å². The van der Waals surface area contributed by atoms with Crippen LogP contribution >= 0.6 is 0 Å². The number of hydrogen-bond acceptors (Lipinski definition) is 2. The number of hydrogen-bond donors (Lipinski definition) is 0. The number of carbonyl (C=O) groups is 1. The van der Waals surface area contributed by atoms with Crippen LogP contribution in [0.15, 0.2) is 0 Å². The van der Waals surface area contributed by atoms with E-state index in [0.717, 1.165) is 12.8 Å². The minimum Gasteiger partial charge on any atom is -0.462 e. The van der Waals surface area contributed by atoms with Gasteiger partial charge in [0.1, 0.15) is 6.10 Å². The van der Waals surface area contributed by atoms with Crippen molar-refractivity contribution in [3.05, 3.63) is 0 Å². The SMILES string of the molecule is CCCCCCCCCCCC(=O)O[C@H]1C[C@@H](C)CC[C@@H]1C(C)C. The second-order valence-electron chi connectivity index (χ2n) is 8.43. The first-order valence-electron chi connectivity index (χ1n) is 10.7. The fourth-order valence-electron chi connectivity index (χ4n) is 4.06. The van der Waals surface area contributed by atoms with E-state index in [9.17, 15) is 4.79 Å². The van der Waals surface area contributed by atoms with E-state index in [1.54, 1.807) is 0 Å². The zero-order valence-electron chi connectivity index (χ0n) is 16.8. The van der Waals surface area contributed by atoms with Crippen LogP contribution in [0.4, 0.5) is 0 Å². The van der Waals surface area contributed by atoms with Gasteiger partial charge in [-0.1, -0.05) is 85.5 Å². The topological polar surface area (TPSA) is 26.3 Å². The highest BCUT2D eigenvalue weighted by Crippen LogP contribution is 2.35. The second-order valence-corrected chi connectivity index (χ2v) is 8.43. The predicted octanol–water partition coefficient (Wildman–Crippen LogP) is 6.91. The molecule has 24 heavy (non-hydrogen) atoms. The molecule has 0 unspecified atom stereocenters. The summed E-state index contributed by atoms with van der Waals surface area (Å²) >= 11 is 0. The Morgan fingerprint density at radius 2 is 1.54 bits per heavy atom. The summed E-state index contributed by atoms with van der Waals surface area (Å²) in [7, 11) is 0. The molecule has 0 aromatic carbocycles. The summed E-state index contributed by atoms with van der Waals surface area (Å²) in [5.41, 5.74) is 0. The zero-order valence-corrected chi connectivity index (χ0v) is 16.8. The first-order valence-corrected chi connectivity index (χ1v) is 10.7. The maximum absolute atomic E-state index is 12.2. The smallest absolute Gasteiger partial charge is 0.306 e. The third-order valence-corrected chi connectivity index (χ3v) is 5.73. The molecular formula is C22H42O2.